The summed E-state index contributed by atoms with van der Waals surface area (Å²) < 4.78 is 20.7. The molecule has 1 amide bonds. The SMILES string of the molecule is Cc1ccc(Cn2nc(C)c(C(=O)N(C)CCOc3ccccc3F)c2Cl)cc1. The van der Waals surface area contributed by atoms with Crippen LogP contribution in [0.15, 0.2) is 48.5 Å². The van der Waals surface area contributed by atoms with Crippen molar-refractivity contribution in [1.29, 1.82) is 0 Å². The Morgan fingerprint density at radius 1 is 1.17 bits per heavy atom. The number of aryl methyl sites for hydroxylation is 2. The maximum atomic E-state index is 13.6. The number of carbonyl (C=O) groups excluding carboxylic acids is 1. The average molecular weight is 416 g/mol. The second-order valence-electron chi connectivity index (χ2n) is 6.90. The van der Waals surface area contributed by atoms with Gasteiger partial charge in [-0.2, -0.15) is 5.10 Å². The lowest BCUT2D eigenvalue weighted by molar-refractivity contribution is 0.0772. The van der Waals surface area contributed by atoms with Gasteiger partial charge in [0.05, 0.1) is 24.3 Å². The van der Waals surface area contributed by atoms with Gasteiger partial charge < -0.3 is 9.64 Å². The fourth-order valence-corrected chi connectivity index (χ4v) is 3.23. The number of benzene rings is 2. The molecule has 3 rings (SSSR count). The van der Waals surface area contributed by atoms with Gasteiger partial charge in [0.2, 0.25) is 0 Å². The molecular weight excluding hydrogens is 393 g/mol. The minimum atomic E-state index is -0.433. The van der Waals surface area contributed by atoms with E-state index in [1.165, 1.54) is 16.5 Å². The first kappa shape index (κ1) is 20.9. The number of ether oxygens (including phenoxy) is 1. The molecule has 0 radical (unpaired) electrons. The van der Waals surface area contributed by atoms with Crippen molar-refractivity contribution >= 4 is 17.5 Å². The van der Waals surface area contributed by atoms with Crippen molar-refractivity contribution in [2.75, 3.05) is 20.2 Å². The first-order valence-corrected chi connectivity index (χ1v) is 9.66. The summed E-state index contributed by atoms with van der Waals surface area (Å²) in [7, 11) is 1.65. The molecule has 0 N–H and O–H groups in total. The van der Waals surface area contributed by atoms with E-state index in [1.54, 1.807) is 36.9 Å². The summed E-state index contributed by atoms with van der Waals surface area (Å²) in [6, 6.07) is 14.2. The summed E-state index contributed by atoms with van der Waals surface area (Å²) in [6.07, 6.45) is 0. The minimum absolute atomic E-state index is 0.161. The molecular formula is C22H23ClFN3O2. The molecule has 3 aromatic rings. The van der Waals surface area contributed by atoms with E-state index >= 15 is 0 Å². The van der Waals surface area contributed by atoms with Crippen molar-refractivity contribution in [3.63, 3.8) is 0 Å². The van der Waals surface area contributed by atoms with Gasteiger partial charge in [-0.1, -0.05) is 53.6 Å². The lowest BCUT2D eigenvalue weighted by Crippen LogP contribution is -2.31. The first-order valence-electron chi connectivity index (χ1n) is 9.28. The third kappa shape index (κ3) is 4.95. The Kier molecular flexibility index (Phi) is 6.54. The Morgan fingerprint density at radius 2 is 1.86 bits per heavy atom. The molecule has 0 saturated heterocycles. The van der Waals surface area contributed by atoms with Gasteiger partial charge in [0.1, 0.15) is 11.8 Å². The highest BCUT2D eigenvalue weighted by Crippen LogP contribution is 2.23. The van der Waals surface area contributed by atoms with Crippen molar-refractivity contribution in [3.05, 3.63) is 81.9 Å². The third-order valence-corrected chi connectivity index (χ3v) is 4.98. The number of likely N-dealkylation sites (N-methyl/N-ethyl adjacent to an activating group) is 1. The average Bonchev–Trinajstić information content (AvgIpc) is 2.97. The molecule has 2 aromatic carbocycles. The molecule has 0 saturated carbocycles. The Labute approximate surface area is 174 Å². The summed E-state index contributed by atoms with van der Waals surface area (Å²) in [4.78, 5) is 14.4. The summed E-state index contributed by atoms with van der Waals surface area (Å²) in [6.45, 7) is 4.71. The van der Waals surface area contributed by atoms with E-state index < -0.39 is 5.82 Å². The summed E-state index contributed by atoms with van der Waals surface area (Å²) in [5, 5.41) is 4.73. The molecule has 0 spiro atoms. The van der Waals surface area contributed by atoms with Crippen LogP contribution >= 0.6 is 11.6 Å². The number of halogens is 2. The molecule has 29 heavy (non-hydrogen) atoms. The molecule has 0 aliphatic heterocycles. The van der Waals surface area contributed by atoms with Crippen molar-refractivity contribution < 1.29 is 13.9 Å². The number of nitrogens with zero attached hydrogens (tertiary/aromatic N) is 3. The van der Waals surface area contributed by atoms with Crippen LogP contribution in [0.2, 0.25) is 5.15 Å². The van der Waals surface area contributed by atoms with Crippen LogP contribution in [0.1, 0.15) is 27.2 Å². The lowest BCUT2D eigenvalue weighted by Gasteiger charge is -2.17. The van der Waals surface area contributed by atoms with Crippen LogP contribution in [0.3, 0.4) is 0 Å². The lowest BCUT2D eigenvalue weighted by atomic mass is 10.1. The molecule has 0 aliphatic carbocycles. The van der Waals surface area contributed by atoms with Gasteiger partial charge in [0.15, 0.2) is 11.6 Å². The molecule has 5 nitrogen and oxygen atoms in total. The Balaban J connectivity index is 1.66. The van der Waals surface area contributed by atoms with E-state index in [2.05, 4.69) is 5.10 Å². The predicted octanol–water partition coefficient (Wildman–Crippen LogP) is 4.49. The van der Waals surface area contributed by atoms with Crippen LogP contribution in [-0.2, 0) is 6.54 Å². The number of para-hydroxylation sites is 1. The van der Waals surface area contributed by atoms with Crippen molar-refractivity contribution in [2.24, 2.45) is 0 Å². The number of aromatic nitrogens is 2. The Morgan fingerprint density at radius 3 is 2.55 bits per heavy atom. The van der Waals surface area contributed by atoms with Gasteiger partial charge in [-0.3, -0.25) is 4.79 Å². The molecule has 1 aromatic heterocycles. The van der Waals surface area contributed by atoms with Crippen LogP contribution in [0.5, 0.6) is 5.75 Å². The third-order valence-electron chi connectivity index (χ3n) is 4.60. The maximum Gasteiger partial charge on any atom is 0.258 e. The van der Waals surface area contributed by atoms with Crippen LogP contribution in [0.25, 0.3) is 0 Å². The Bertz CT molecular complexity index is 1000. The van der Waals surface area contributed by atoms with Gasteiger partial charge in [-0.25, -0.2) is 9.07 Å². The van der Waals surface area contributed by atoms with Crippen LogP contribution in [-0.4, -0.2) is 40.8 Å². The van der Waals surface area contributed by atoms with E-state index in [0.29, 0.717) is 23.0 Å². The number of hydrogen-bond donors (Lipinski definition) is 0. The fraction of sp³-hybridized carbons (Fsp3) is 0.273. The molecule has 0 atom stereocenters. The molecule has 0 aliphatic rings. The normalized spacial score (nSPS) is 10.8. The molecule has 0 unspecified atom stereocenters. The second kappa shape index (κ2) is 9.09. The summed E-state index contributed by atoms with van der Waals surface area (Å²) in [5.74, 6) is -0.522. The zero-order valence-corrected chi connectivity index (χ0v) is 17.4. The molecule has 1 heterocycles. The van der Waals surface area contributed by atoms with E-state index in [-0.39, 0.29) is 24.8 Å². The zero-order chi connectivity index (χ0) is 21.0. The summed E-state index contributed by atoms with van der Waals surface area (Å²) >= 11 is 6.47. The van der Waals surface area contributed by atoms with Gasteiger partial charge in [0, 0.05) is 7.05 Å². The van der Waals surface area contributed by atoms with E-state index in [0.717, 1.165) is 5.56 Å². The van der Waals surface area contributed by atoms with E-state index in [1.807, 2.05) is 31.2 Å². The summed E-state index contributed by atoms with van der Waals surface area (Å²) in [5.41, 5.74) is 3.15. The van der Waals surface area contributed by atoms with Crippen LogP contribution in [0.4, 0.5) is 4.39 Å². The number of amides is 1. The van der Waals surface area contributed by atoms with Crippen molar-refractivity contribution in [3.8, 4) is 5.75 Å². The van der Waals surface area contributed by atoms with Crippen molar-refractivity contribution in [1.82, 2.24) is 14.7 Å². The second-order valence-corrected chi connectivity index (χ2v) is 7.26. The largest absolute Gasteiger partial charge is 0.489 e. The maximum absolute atomic E-state index is 13.6. The first-order chi connectivity index (χ1) is 13.9. The topological polar surface area (TPSA) is 47.4 Å². The molecule has 7 heteroatoms. The highest BCUT2D eigenvalue weighted by atomic mass is 35.5. The fourth-order valence-electron chi connectivity index (χ4n) is 2.91. The number of rotatable bonds is 7. The van der Waals surface area contributed by atoms with Crippen LogP contribution < -0.4 is 4.74 Å². The van der Waals surface area contributed by atoms with Gasteiger partial charge in [-0.15, -0.1) is 0 Å². The van der Waals surface area contributed by atoms with Crippen LogP contribution in [0, 0.1) is 19.7 Å². The van der Waals surface area contributed by atoms with Gasteiger partial charge in [0.25, 0.3) is 5.91 Å². The predicted molar refractivity (Wildman–Crippen MR) is 111 cm³/mol. The standard InChI is InChI=1S/C22H23ClFN3O2/c1-15-8-10-17(11-9-15)14-27-21(23)20(16(2)25-27)22(28)26(3)12-13-29-19-7-5-4-6-18(19)24/h4-11H,12-14H2,1-3H3. The molecule has 0 fully saturated rings. The number of hydrogen-bond acceptors (Lipinski definition) is 3. The highest BCUT2D eigenvalue weighted by Gasteiger charge is 2.23. The molecule has 0 bridgehead atoms. The van der Waals surface area contributed by atoms with E-state index in [4.69, 9.17) is 16.3 Å². The van der Waals surface area contributed by atoms with Gasteiger partial charge in [-0.05, 0) is 31.5 Å². The highest BCUT2D eigenvalue weighted by molar-refractivity contribution is 6.33. The van der Waals surface area contributed by atoms with Crippen molar-refractivity contribution in [2.45, 2.75) is 20.4 Å². The minimum Gasteiger partial charge on any atom is -0.489 e. The number of carbonyl (C=O) groups is 1. The molecule has 152 valence electrons. The van der Waals surface area contributed by atoms with E-state index in [9.17, 15) is 9.18 Å². The smallest absolute Gasteiger partial charge is 0.258 e. The monoisotopic (exact) mass is 415 g/mol. The van der Waals surface area contributed by atoms with Gasteiger partial charge >= 0.3 is 0 Å². The quantitative estimate of drug-likeness (QED) is 0.571. The Hall–Kier alpha value is -2.86. The zero-order valence-electron chi connectivity index (χ0n) is 16.7.